The predicted octanol–water partition coefficient (Wildman–Crippen LogP) is 1.74. The molecule has 0 amide bonds. The maximum Gasteiger partial charge on any atom is 0.147 e. The molecular formula is C12H18N4S. The predicted molar refractivity (Wildman–Crippen MR) is 73.1 cm³/mol. The minimum atomic E-state index is 0.300. The Bertz CT molecular complexity index is 390. The first-order valence-corrected chi connectivity index (χ1v) is 6.44. The number of aromatic nitrogens is 2. The maximum absolute atomic E-state index is 5.50. The van der Waals surface area contributed by atoms with Crippen molar-refractivity contribution in [3.8, 4) is 0 Å². The van der Waals surface area contributed by atoms with Gasteiger partial charge in [0, 0.05) is 13.1 Å². The van der Waals surface area contributed by atoms with Crippen LogP contribution in [0.3, 0.4) is 0 Å². The lowest BCUT2D eigenvalue weighted by atomic mass is 10.0. The second kappa shape index (κ2) is 5.40. The molecule has 1 aliphatic rings. The molecule has 1 atom stereocenters. The number of hydrogen-bond donors (Lipinski definition) is 1. The van der Waals surface area contributed by atoms with Gasteiger partial charge in [-0.1, -0.05) is 19.1 Å². The van der Waals surface area contributed by atoms with Crippen LogP contribution in [0.5, 0.6) is 0 Å². The third-order valence-electron chi connectivity index (χ3n) is 3.23. The van der Waals surface area contributed by atoms with Gasteiger partial charge in [-0.15, -0.1) is 0 Å². The highest BCUT2D eigenvalue weighted by atomic mass is 32.1. The molecule has 1 aromatic heterocycles. The Morgan fingerprint density at radius 2 is 2.18 bits per heavy atom. The second-order valence-corrected chi connectivity index (χ2v) is 5.09. The first-order chi connectivity index (χ1) is 8.16. The van der Waals surface area contributed by atoms with E-state index in [9.17, 15) is 0 Å². The third-order valence-corrected chi connectivity index (χ3v) is 3.44. The molecule has 1 fully saturated rings. The van der Waals surface area contributed by atoms with Crippen molar-refractivity contribution in [2.24, 2.45) is 11.7 Å². The summed E-state index contributed by atoms with van der Waals surface area (Å²) in [5.41, 5.74) is 6.09. The number of nitrogens with zero attached hydrogens (tertiary/aromatic N) is 3. The number of anilines is 1. The highest BCUT2D eigenvalue weighted by molar-refractivity contribution is 7.80. The molecule has 2 N–H and O–H groups in total. The van der Waals surface area contributed by atoms with Gasteiger partial charge in [-0.25, -0.2) is 9.97 Å². The van der Waals surface area contributed by atoms with Crippen molar-refractivity contribution in [1.82, 2.24) is 9.97 Å². The molecule has 0 aromatic carbocycles. The third kappa shape index (κ3) is 3.12. The number of thiocarbonyl (C=S) groups is 1. The van der Waals surface area contributed by atoms with Crippen molar-refractivity contribution in [3.63, 3.8) is 0 Å². The van der Waals surface area contributed by atoms with E-state index >= 15 is 0 Å². The summed E-state index contributed by atoms with van der Waals surface area (Å²) in [4.78, 5) is 11.2. The van der Waals surface area contributed by atoms with E-state index < -0.39 is 0 Å². The molecule has 92 valence electrons. The molecular weight excluding hydrogens is 232 g/mol. The van der Waals surface area contributed by atoms with Gasteiger partial charge in [-0.05, 0) is 25.2 Å². The molecule has 0 aliphatic carbocycles. The Kier molecular flexibility index (Phi) is 3.89. The van der Waals surface area contributed by atoms with Crippen LogP contribution in [0.2, 0.25) is 0 Å². The molecule has 2 heterocycles. The van der Waals surface area contributed by atoms with E-state index in [2.05, 4.69) is 21.8 Å². The first-order valence-electron chi connectivity index (χ1n) is 6.03. The molecule has 17 heavy (non-hydrogen) atoms. The van der Waals surface area contributed by atoms with Gasteiger partial charge in [0.05, 0.1) is 12.4 Å². The summed E-state index contributed by atoms with van der Waals surface area (Å²) in [6.07, 6.45) is 7.17. The van der Waals surface area contributed by atoms with Crippen molar-refractivity contribution in [2.75, 3.05) is 18.0 Å². The summed E-state index contributed by atoms with van der Waals surface area (Å²) in [6.45, 7) is 4.43. The van der Waals surface area contributed by atoms with Gasteiger partial charge >= 0.3 is 0 Å². The quantitative estimate of drug-likeness (QED) is 0.810. The van der Waals surface area contributed by atoms with Gasteiger partial charge in [0.1, 0.15) is 16.5 Å². The molecule has 1 aliphatic heterocycles. The van der Waals surface area contributed by atoms with E-state index in [-0.39, 0.29) is 0 Å². The van der Waals surface area contributed by atoms with Crippen molar-refractivity contribution >= 4 is 23.0 Å². The van der Waals surface area contributed by atoms with E-state index in [1.807, 2.05) is 0 Å². The normalized spacial score (nSPS) is 21.0. The molecule has 1 unspecified atom stereocenters. The smallest absolute Gasteiger partial charge is 0.147 e. The Hall–Kier alpha value is -1.23. The van der Waals surface area contributed by atoms with E-state index in [4.69, 9.17) is 18.0 Å². The second-order valence-electron chi connectivity index (χ2n) is 4.65. The van der Waals surface area contributed by atoms with Gasteiger partial charge in [-0.3, -0.25) is 0 Å². The van der Waals surface area contributed by atoms with Crippen LogP contribution in [0.25, 0.3) is 0 Å². The van der Waals surface area contributed by atoms with Gasteiger partial charge in [0.25, 0.3) is 0 Å². The Labute approximate surface area is 107 Å². The molecule has 2 rings (SSSR count). The summed E-state index contributed by atoms with van der Waals surface area (Å²) in [7, 11) is 0. The zero-order valence-electron chi connectivity index (χ0n) is 10.1. The number of hydrogen-bond acceptors (Lipinski definition) is 4. The minimum absolute atomic E-state index is 0.300. The lowest BCUT2D eigenvalue weighted by Gasteiger charge is -2.21. The summed E-state index contributed by atoms with van der Waals surface area (Å²) in [5.74, 6) is 1.74. The molecule has 1 saturated heterocycles. The van der Waals surface area contributed by atoms with Gasteiger partial charge in [0.2, 0.25) is 0 Å². The van der Waals surface area contributed by atoms with Crippen LogP contribution in [0, 0.1) is 5.92 Å². The molecule has 0 spiro atoms. The van der Waals surface area contributed by atoms with Crippen LogP contribution in [0.15, 0.2) is 12.4 Å². The Morgan fingerprint density at radius 3 is 2.82 bits per heavy atom. The Morgan fingerprint density at radius 1 is 1.35 bits per heavy atom. The van der Waals surface area contributed by atoms with Crippen molar-refractivity contribution in [1.29, 1.82) is 0 Å². The lowest BCUT2D eigenvalue weighted by molar-refractivity contribution is 0.521. The van der Waals surface area contributed by atoms with E-state index in [1.54, 1.807) is 12.4 Å². The summed E-state index contributed by atoms with van der Waals surface area (Å²) < 4.78 is 0. The van der Waals surface area contributed by atoms with E-state index in [0.29, 0.717) is 10.7 Å². The highest BCUT2D eigenvalue weighted by Gasteiger charge is 2.15. The van der Waals surface area contributed by atoms with Crippen LogP contribution < -0.4 is 10.6 Å². The average Bonchev–Trinajstić information content (AvgIpc) is 2.54. The lowest BCUT2D eigenvalue weighted by Crippen LogP contribution is -2.25. The number of nitrogens with two attached hydrogens (primary N) is 1. The van der Waals surface area contributed by atoms with Crippen LogP contribution >= 0.6 is 12.2 Å². The monoisotopic (exact) mass is 250 g/mol. The summed E-state index contributed by atoms with van der Waals surface area (Å²) in [6, 6.07) is 0. The minimum Gasteiger partial charge on any atom is -0.388 e. The van der Waals surface area contributed by atoms with Crippen LogP contribution in [-0.4, -0.2) is 28.0 Å². The van der Waals surface area contributed by atoms with Crippen molar-refractivity contribution < 1.29 is 0 Å². The van der Waals surface area contributed by atoms with Crippen LogP contribution in [-0.2, 0) is 0 Å². The van der Waals surface area contributed by atoms with E-state index in [0.717, 1.165) is 24.8 Å². The van der Waals surface area contributed by atoms with Crippen LogP contribution in [0.1, 0.15) is 31.9 Å². The molecule has 0 radical (unpaired) electrons. The van der Waals surface area contributed by atoms with Gasteiger partial charge in [0.15, 0.2) is 0 Å². The Balaban J connectivity index is 2.08. The largest absolute Gasteiger partial charge is 0.388 e. The standard InChI is InChI=1S/C12H18N4S/c1-9-3-2-5-16(6-4-9)11-8-14-10(7-15-11)12(13)17/h7-9H,2-6H2,1H3,(H2,13,17). The average molecular weight is 250 g/mol. The zero-order valence-corrected chi connectivity index (χ0v) is 10.9. The molecule has 1 aromatic rings. The van der Waals surface area contributed by atoms with Crippen LogP contribution in [0.4, 0.5) is 5.82 Å². The highest BCUT2D eigenvalue weighted by Crippen LogP contribution is 2.20. The first kappa shape index (κ1) is 12.2. The molecule has 0 saturated carbocycles. The molecule has 0 bridgehead atoms. The fraction of sp³-hybridized carbons (Fsp3) is 0.583. The number of rotatable bonds is 2. The maximum atomic E-state index is 5.50. The van der Waals surface area contributed by atoms with Gasteiger partial charge < -0.3 is 10.6 Å². The van der Waals surface area contributed by atoms with E-state index in [1.165, 1.54) is 19.3 Å². The summed E-state index contributed by atoms with van der Waals surface area (Å²) >= 11 is 4.86. The molecule has 4 nitrogen and oxygen atoms in total. The topological polar surface area (TPSA) is 55.0 Å². The zero-order chi connectivity index (χ0) is 12.3. The van der Waals surface area contributed by atoms with Crippen molar-refractivity contribution in [3.05, 3.63) is 18.1 Å². The van der Waals surface area contributed by atoms with Crippen molar-refractivity contribution in [2.45, 2.75) is 26.2 Å². The fourth-order valence-corrected chi connectivity index (χ4v) is 2.21. The SMILES string of the molecule is CC1CCCN(c2cnc(C(N)=S)cn2)CC1. The molecule has 5 heteroatoms. The fourth-order valence-electron chi connectivity index (χ4n) is 2.10. The summed E-state index contributed by atoms with van der Waals surface area (Å²) in [5, 5.41) is 0. The van der Waals surface area contributed by atoms with Gasteiger partial charge in [-0.2, -0.15) is 0 Å².